The first kappa shape index (κ1) is 11.4. The average molecular weight is 169 g/mol. The Morgan fingerprint density at radius 3 is 2.08 bits per heavy atom. The largest absolute Gasteiger partial charge is 0.330 e. The summed E-state index contributed by atoms with van der Waals surface area (Å²) in [6.07, 6.45) is 4.98. The van der Waals surface area contributed by atoms with Gasteiger partial charge in [-0.25, -0.2) is 0 Å². The minimum Gasteiger partial charge on any atom is -0.330 e. The van der Waals surface area contributed by atoms with E-state index in [4.69, 9.17) is 16.7 Å². The zero-order chi connectivity index (χ0) is 9.23. The van der Waals surface area contributed by atoms with Gasteiger partial charge in [0.25, 0.3) is 0 Å². The Kier molecular flexibility index (Phi) is 8.09. The van der Waals surface area contributed by atoms with E-state index in [-0.39, 0.29) is 5.92 Å². The summed E-state index contributed by atoms with van der Waals surface area (Å²) in [5, 5.41) is 8.73. The van der Waals surface area contributed by atoms with E-state index in [0.717, 1.165) is 38.6 Å². The van der Waals surface area contributed by atoms with E-state index in [0.29, 0.717) is 6.54 Å². The first-order valence-electron chi connectivity index (χ1n) is 4.65. The minimum absolute atomic E-state index is 0.195. The highest BCUT2D eigenvalue weighted by Gasteiger charge is 2.05. The highest BCUT2D eigenvalue weighted by molar-refractivity contribution is 4.82. The predicted octanol–water partition coefficient (Wildman–Crippen LogP) is 0.994. The number of nitrogens with zero attached hydrogens (tertiary/aromatic N) is 1. The molecule has 1 atom stereocenters. The summed E-state index contributed by atoms with van der Waals surface area (Å²) in [5.41, 5.74) is 10.7. The van der Waals surface area contributed by atoms with Gasteiger partial charge in [0, 0.05) is 5.92 Å². The molecule has 0 saturated heterocycles. The number of hydrogen-bond donors (Lipinski definition) is 2. The first-order valence-corrected chi connectivity index (χ1v) is 4.65. The Hall–Kier alpha value is -0.590. The van der Waals surface area contributed by atoms with Gasteiger partial charge in [0.15, 0.2) is 0 Å². The van der Waals surface area contributed by atoms with E-state index >= 15 is 0 Å². The molecule has 4 N–H and O–H groups in total. The molecule has 0 aliphatic carbocycles. The van der Waals surface area contributed by atoms with E-state index in [1.807, 2.05) is 0 Å². The van der Waals surface area contributed by atoms with Crippen LogP contribution in [0.3, 0.4) is 0 Å². The second-order valence-electron chi connectivity index (χ2n) is 3.04. The molecule has 0 rings (SSSR count). The normalized spacial score (nSPS) is 12.4. The SMILES string of the molecule is N#CC(CCCN)CCCCN. The van der Waals surface area contributed by atoms with Crippen LogP contribution in [0.25, 0.3) is 0 Å². The van der Waals surface area contributed by atoms with Gasteiger partial charge in [0.2, 0.25) is 0 Å². The van der Waals surface area contributed by atoms with Crippen LogP contribution in [0.2, 0.25) is 0 Å². The van der Waals surface area contributed by atoms with Gasteiger partial charge in [-0.15, -0.1) is 0 Å². The van der Waals surface area contributed by atoms with Crippen molar-refractivity contribution >= 4 is 0 Å². The van der Waals surface area contributed by atoms with Crippen molar-refractivity contribution in [1.29, 1.82) is 5.26 Å². The fourth-order valence-electron chi connectivity index (χ4n) is 1.17. The molecule has 70 valence electrons. The number of hydrogen-bond acceptors (Lipinski definition) is 3. The maximum atomic E-state index is 8.73. The van der Waals surface area contributed by atoms with Crippen LogP contribution in [0.4, 0.5) is 0 Å². The highest BCUT2D eigenvalue weighted by atomic mass is 14.5. The van der Waals surface area contributed by atoms with Crippen molar-refractivity contribution in [1.82, 2.24) is 0 Å². The quantitative estimate of drug-likeness (QED) is 0.558. The van der Waals surface area contributed by atoms with Crippen molar-refractivity contribution < 1.29 is 0 Å². The molecule has 0 aliphatic rings. The summed E-state index contributed by atoms with van der Waals surface area (Å²) < 4.78 is 0. The summed E-state index contributed by atoms with van der Waals surface area (Å²) in [4.78, 5) is 0. The van der Waals surface area contributed by atoms with Gasteiger partial charge >= 0.3 is 0 Å². The molecule has 0 spiro atoms. The number of nitrogens with two attached hydrogens (primary N) is 2. The molecule has 0 saturated carbocycles. The van der Waals surface area contributed by atoms with Crippen molar-refractivity contribution in [2.75, 3.05) is 13.1 Å². The number of rotatable bonds is 7. The molecule has 0 aliphatic heterocycles. The Balaban J connectivity index is 3.35. The monoisotopic (exact) mass is 169 g/mol. The minimum atomic E-state index is 0.195. The van der Waals surface area contributed by atoms with Gasteiger partial charge in [-0.2, -0.15) is 5.26 Å². The van der Waals surface area contributed by atoms with Crippen molar-refractivity contribution in [3.05, 3.63) is 0 Å². The molecule has 0 bridgehead atoms. The lowest BCUT2D eigenvalue weighted by molar-refractivity contribution is 0.508. The van der Waals surface area contributed by atoms with Gasteiger partial charge < -0.3 is 11.5 Å². The van der Waals surface area contributed by atoms with Crippen LogP contribution in [0.15, 0.2) is 0 Å². The van der Waals surface area contributed by atoms with Gasteiger partial charge in [0.1, 0.15) is 0 Å². The molecule has 0 aromatic heterocycles. The molecule has 0 fully saturated rings. The molecule has 0 aromatic rings. The fraction of sp³-hybridized carbons (Fsp3) is 0.889. The van der Waals surface area contributed by atoms with Crippen LogP contribution in [-0.4, -0.2) is 13.1 Å². The predicted molar refractivity (Wildman–Crippen MR) is 50.3 cm³/mol. The summed E-state index contributed by atoms with van der Waals surface area (Å²) in [6.45, 7) is 1.42. The van der Waals surface area contributed by atoms with Gasteiger partial charge in [-0.05, 0) is 38.8 Å². The topological polar surface area (TPSA) is 75.8 Å². The second kappa shape index (κ2) is 8.51. The molecule has 0 amide bonds. The summed E-state index contributed by atoms with van der Waals surface area (Å²) >= 11 is 0. The maximum Gasteiger partial charge on any atom is 0.0655 e. The fourth-order valence-corrected chi connectivity index (χ4v) is 1.17. The third kappa shape index (κ3) is 6.14. The molecule has 12 heavy (non-hydrogen) atoms. The van der Waals surface area contributed by atoms with Crippen molar-refractivity contribution in [3.8, 4) is 6.07 Å². The van der Waals surface area contributed by atoms with Crippen molar-refractivity contribution in [2.24, 2.45) is 17.4 Å². The summed E-state index contributed by atoms with van der Waals surface area (Å²) in [6, 6.07) is 2.30. The number of nitriles is 1. The van der Waals surface area contributed by atoms with Crippen LogP contribution in [0, 0.1) is 17.2 Å². The molecule has 0 radical (unpaired) electrons. The van der Waals surface area contributed by atoms with Gasteiger partial charge in [-0.1, -0.05) is 6.42 Å². The second-order valence-corrected chi connectivity index (χ2v) is 3.04. The van der Waals surface area contributed by atoms with Crippen molar-refractivity contribution in [3.63, 3.8) is 0 Å². The summed E-state index contributed by atoms with van der Waals surface area (Å²) in [7, 11) is 0. The Bertz CT molecular complexity index is 128. The number of unbranched alkanes of at least 4 members (excludes halogenated alkanes) is 1. The van der Waals surface area contributed by atoms with E-state index < -0.39 is 0 Å². The third-order valence-electron chi connectivity index (χ3n) is 1.95. The zero-order valence-corrected chi connectivity index (χ0v) is 7.63. The maximum absolute atomic E-state index is 8.73. The molecule has 3 heteroatoms. The molecule has 0 heterocycles. The average Bonchev–Trinajstić information content (AvgIpc) is 2.11. The van der Waals surface area contributed by atoms with Crippen molar-refractivity contribution in [2.45, 2.75) is 32.1 Å². The highest BCUT2D eigenvalue weighted by Crippen LogP contribution is 2.12. The Morgan fingerprint density at radius 2 is 1.58 bits per heavy atom. The van der Waals surface area contributed by atoms with Gasteiger partial charge in [-0.3, -0.25) is 0 Å². The third-order valence-corrected chi connectivity index (χ3v) is 1.95. The lowest BCUT2D eigenvalue weighted by atomic mass is 9.98. The van der Waals surface area contributed by atoms with Gasteiger partial charge in [0.05, 0.1) is 6.07 Å². The van der Waals surface area contributed by atoms with Crippen LogP contribution < -0.4 is 11.5 Å². The molecule has 3 nitrogen and oxygen atoms in total. The van der Waals surface area contributed by atoms with Crippen LogP contribution in [0.5, 0.6) is 0 Å². The molecule has 0 aromatic carbocycles. The molecule has 1 unspecified atom stereocenters. The Morgan fingerprint density at radius 1 is 1.00 bits per heavy atom. The van der Waals surface area contributed by atoms with E-state index in [1.165, 1.54) is 0 Å². The lowest BCUT2D eigenvalue weighted by Gasteiger charge is -2.06. The van der Waals surface area contributed by atoms with E-state index in [1.54, 1.807) is 0 Å². The Labute approximate surface area is 74.7 Å². The van der Waals surface area contributed by atoms with Crippen LogP contribution in [-0.2, 0) is 0 Å². The standard InChI is InChI=1S/C9H19N3/c10-6-2-1-4-9(8-12)5-3-7-11/h9H,1-7,10-11H2. The first-order chi connectivity index (χ1) is 5.85. The van der Waals surface area contributed by atoms with Crippen LogP contribution in [0.1, 0.15) is 32.1 Å². The summed E-state index contributed by atoms with van der Waals surface area (Å²) in [5.74, 6) is 0.195. The molecular weight excluding hydrogens is 150 g/mol. The zero-order valence-electron chi connectivity index (χ0n) is 7.63. The molecular formula is C9H19N3. The van der Waals surface area contributed by atoms with E-state index in [2.05, 4.69) is 6.07 Å². The van der Waals surface area contributed by atoms with E-state index in [9.17, 15) is 0 Å². The van der Waals surface area contributed by atoms with Crippen LogP contribution >= 0.6 is 0 Å². The smallest absolute Gasteiger partial charge is 0.0655 e. The lowest BCUT2D eigenvalue weighted by Crippen LogP contribution is -2.05.